The van der Waals surface area contributed by atoms with Crippen molar-refractivity contribution in [3.63, 3.8) is 0 Å². The zero-order valence-corrected chi connectivity index (χ0v) is 3.90. The molecule has 0 spiro atoms. The zero-order valence-electron chi connectivity index (χ0n) is 1.85. The second-order valence-corrected chi connectivity index (χ2v) is 1.27. The molecule has 0 aliphatic rings. The third-order valence-electron chi connectivity index (χ3n) is 0.0436. The Labute approximate surface area is 27.9 Å². The second-order valence-electron chi connectivity index (χ2n) is 0.191. The molecule has 0 N–H and O–H groups in total. The maximum atomic E-state index is 10.5. The summed E-state index contributed by atoms with van der Waals surface area (Å²) in [4.78, 5) is 0. The van der Waals surface area contributed by atoms with Crippen molar-refractivity contribution in [2.45, 2.75) is 0 Å². The van der Waals surface area contributed by atoms with Gasteiger partial charge in [-0.25, -0.2) is 4.52 Å². The summed E-state index contributed by atoms with van der Waals surface area (Å²) in [7, 11) is 1.48. The van der Waals surface area contributed by atoms with Crippen LogP contribution in [0.15, 0.2) is 4.52 Å². The molecule has 0 aliphatic heterocycles. The maximum Gasteiger partial charge on any atom is 0.227 e. The molecule has 0 saturated heterocycles. The molecule has 0 aromatic heterocycles. The van der Waals surface area contributed by atoms with Crippen molar-refractivity contribution in [2.75, 3.05) is 0 Å². The van der Waals surface area contributed by atoms with Crippen LogP contribution in [0.3, 0.4) is 0 Å². The summed E-state index contributed by atoms with van der Waals surface area (Å²) < 4.78 is 13.5. The van der Waals surface area contributed by atoms with Gasteiger partial charge < -0.3 is 0 Å². The highest BCUT2D eigenvalue weighted by Crippen LogP contribution is 2.01. The molecule has 24 valence electrons. The average Bonchev–Trinajstić information content (AvgIpc) is 1.37. The molecule has 0 aromatic rings. The monoisotopic (exact) mass is 97.0 g/mol. The van der Waals surface area contributed by atoms with Gasteiger partial charge in [0.1, 0.15) is 0 Å². The molecule has 0 radical (unpaired) electrons. The molecule has 0 fully saturated rings. The predicted molar refractivity (Wildman–Crippen MR) is 20.2 cm³/mol. The van der Waals surface area contributed by atoms with E-state index in [1.807, 2.05) is 9.39 Å². The molecule has 1 atom stereocenters. The quantitative estimate of drug-likeness (QED) is 0.408. The fourth-order valence-electron chi connectivity index (χ4n) is 0. The van der Waals surface area contributed by atoms with E-state index in [4.69, 9.17) is 0 Å². The fraction of sp³-hybridized carbons (Fsp3) is 0. The molecule has 0 amide bonds. The lowest BCUT2D eigenvalue weighted by molar-refractivity contribution is 0.930. The minimum absolute atomic E-state index is 0.414. The van der Waals surface area contributed by atoms with Gasteiger partial charge in [-0.3, -0.25) is 0 Å². The summed E-state index contributed by atoms with van der Waals surface area (Å²) in [5, 5.41) is 0. The second kappa shape index (κ2) is 3.46. The summed E-state index contributed by atoms with van der Waals surface area (Å²) in [5.41, 5.74) is 0. The topological polar surface area (TPSA) is 12.4 Å². The minimum atomic E-state index is -0.414. The Kier molecular flexibility index (Phi) is 3.86. The number of hydrogen-bond donors (Lipinski definition) is 0. The molecular weight excluding hydrogens is 95.0 g/mol. The van der Waals surface area contributed by atoms with Crippen LogP contribution in [0.1, 0.15) is 0 Å². The normalized spacial score (nSPS) is 9.50. The van der Waals surface area contributed by atoms with E-state index >= 15 is 0 Å². The molecule has 4 heavy (non-hydrogen) atoms. The van der Waals surface area contributed by atoms with Crippen molar-refractivity contribution < 1.29 is 4.20 Å². The van der Waals surface area contributed by atoms with Crippen molar-refractivity contribution in [1.82, 2.24) is 0 Å². The number of nitrogens with zero attached hydrogens (tertiary/aromatic N) is 1. The molecule has 1 nitrogen and oxygen atoms in total. The van der Waals surface area contributed by atoms with E-state index in [-0.39, 0.29) is 0 Å². The van der Waals surface area contributed by atoms with Crippen LogP contribution in [0, 0.1) is 0 Å². The number of halogens is 1. The van der Waals surface area contributed by atoms with E-state index in [1.165, 1.54) is 0 Å². The highest BCUT2D eigenvalue weighted by molar-refractivity contribution is 7.30. The van der Waals surface area contributed by atoms with Crippen LogP contribution in [0.5, 0.6) is 0 Å². The molecular formula is H2FNP2. The molecule has 0 bridgehead atoms. The lowest BCUT2D eigenvalue weighted by Gasteiger charge is -1.46. The van der Waals surface area contributed by atoms with Crippen molar-refractivity contribution in [1.29, 1.82) is 0 Å². The first-order valence-electron chi connectivity index (χ1n) is 0.627. The van der Waals surface area contributed by atoms with Crippen molar-refractivity contribution >= 4 is 18.1 Å². The van der Waals surface area contributed by atoms with Crippen LogP contribution in [0.2, 0.25) is 0 Å². The lowest BCUT2D eigenvalue weighted by atomic mass is 13.9. The van der Waals surface area contributed by atoms with Gasteiger partial charge in [-0.2, -0.15) is 4.20 Å². The van der Waals surface area contributed by atoms with Gasteiger partial charge in [-0.1, -0.05) is 0 Å². The molecule has 0 heterocycles. The molecule has 0 saturated carbocycles. The van der Waals surface area contributed by atoms with E-state index < -0.39 is 8.68 Å². The van der Waals surface area contributed by atoms with Gasteiger partial charge in [0, 0.05) is 0 Å². The largest absolute Gasteiger partial charge is 0.227 e. The predicted octanol–water partition coefficient (Wildman–Crippen LogP) is 1.79. The highest BCUT2D eigenvalue weighted by atomic mass is 31.1. The smallest absolute Gasteiger partial charge is 0.220 e. The fourth-order valence-corrected chi connectivity index (χ4v) is 0. The van der Waals surface area contributed by atoms with Gasteiger partial charge >= 0.3 is 0 Å². The maximum absolute atomic E-state index is 10.5. The first kappa shape index (κ1) is 4.46. The highest BCUT2D eigenvalue weighted by Gasteiger charge is 1.41. The first-order chi connectivity index (χ1) is 1.91. The molecule has 0 rings (SSSR count). The van der Waals surface area contributed by atoms with Gasteiger partial charge in [0.15, 0.2) is 0 Å². The first-order valence-corrected chi connectivity index (χ1v) is 1.88. The minimum Gasteiger partial charge on any atom is -0.220 e. The Morgan fingerprint density at radius 2 is 2.25 bits per heavy atom. The van der Waals surface area contributed by atoms with Crippen LogP contribution >= 0.6 is 18.1 Å². The lowest BCUT2D eigenvalue weighted by Crippen LogP contribution is -0.891. The van der Waals surface area contributed by atoms with Crippen LogP contribution < -0.4 is 0 Å². The van der Waals surface area contributed by atoms with E-state index in [1.54, 1.807) is 0 Å². The van der Waals surface area contributed by atoms with Crippen molar-refractivity contribution in [3.05, 3.63) is 0 Å². The third kappa shape index (κ3) is 2.46. The summed E-state index contributed by atoms with van der Waals surface area (Å²) in [6, 6.07) is 0. The van der Waals surface area contributed by atoms with Gasteiger partial charge in [0.05, 0.1) is 0 Å². The summed E-state index contributed by atoms with van der Waals surface area (Å²) in [6.07, 6.45) is 0. The Balaban J connectivity index is 2.55. The van der Waals surface area contributed by atoms with Gasteiger partial charge in [0.25, 0.3) is 0 Å². The number of hydrogen-bond acceptors (Lipinski definition) is 1. The zero-order chi connectivity index (χ0) is 3.41. The standard InChI is InChI=1S/FH2NP2/c1-4-2-3/h3H2. The van der Waals surface area contributed by atoms with Gasteiger partial charge in [-0.15, -0.1) is 0 Å². The van der Waals surface area contributed by atoms with E-state index in [9.17, 15) is 4.20 Å². The van der Waals surface area contributed by atoms with Crippen LogP contribution in [-0.2, 0) is 0 Å². The van der Waals surface area contributed by atoms with E-state index in [0.29, 0.717) is 0 Å². The van der Waals surface area contributed by atoms with Crippen LogP contribution in [-0.4, -0.2) is 0 Å². The van der Waals surface area contributed by atoms with Gasteiger partial charge in [0.2, 0.25) is 8.68 Å². The third-order valence-corrected chi connectivity index (χ3v) is 0.393. The Bertz CT molecular complexity index is 21.2. The van der Waals surface area contributed by atoms with Crippen molar-refractivity contribution in [3.8, 4) is 0 Å². The summed E-state index contributed by atoms with van der Waals surface area (Å²) in [6.45, 7) is 0. The van der Waals surface area contributed by atoms with E-state index in [2.05, 4.69) is 4.52 Å². The molecule has 1 unspecified atom stereocenters. The molecule has 0 aromatic carbocycles. The average molecular weight is 97.0 g/mol. The Morgan fingerprint density at radius 1 is 2.00 bits per heavy atom. The summed E-state index contributed by atoms with van der Waals surface area (Å²) in [5.74, 6) is 0. The summed E-state index contributed by atoms with van der Waals surface area (Å²) >= 11 is 0. The van der Waals surface area contributed by atoms with Gasteiger partial charge in [-0.05, 0) is 9.39 Å². The van der Waals surface area contributed by atoms with E-state index in [0.717, 1.165) is 0 Å². The van der Waals surface area contributed by atoms with Crippen molar-refractivity contribution in [2.24, 2.45) is 4.52 Å². The van der Waals surface area contributed by atoms with Crippen LogP contribution in [0.4, 0.5) is 4.20 Å². The Morgan fingerprint density at radius 3 is 2.25 bits per heavy atom. The molecule has 4 heteroatoms. The molecule has 0 aliphatic carbocycles. The number of rotatable bonds is 0. The SMILES string of the molecule is FP=NP. The Hall–Kier alpha value is 0.460. The van der Waals surface area contributed by atoms with Crippen LogP contribution in [0.25, 0.3) is 0 Å².